The van der Waals surface area contributed by atoms with Crippen LogP contribution >= 0.6 is 15.9 Å². The highest BCUT2D eigenvalue weighted by atomic mass is 79.9. The van der Waals surface area contributed by atoms with E-state index in [0.717, 1.165) is 18.7 Å². The quantitative estimate of drug-likeness (QED) is 0.758. The molecule has 1 rings (SSSR count). The summed E-state index contributed by atoms with van der Waals surface area (Å²) in [5.41, 5.74) is 0.370. The molecule has 0 radical (unpaired) electrons. The third-order valence-corrected chi connectivity index (χ3v) is 2.96. The first-order valence-corrected chi connectivity index (χ1v) is 5.16. The molecule has 1 nitrogen and oxygen atoms in total. The van der Waals surface area contributed by atoms with Crippen LogP contribution in [0.2, 0.25) is 0 Å². The first kappa shape index (κ1) is 11.6. The Hall–Kier alpha value is -0.480. The van der Waals surface area contributed by atoms with Crippen molar-refractivity contribution in [3.8, 4) is 0 Å². The number of rotatable bonds is 3. The Morgan fingerprint density at radius 3 is 2.43 bits per heavy atom. The van der Waals surface area contributed by atoms with Gasteiger partial charge in [0.2, 0.25) is 0 Å². The second kappa shape index (κ2) is 4.84. The fourth-order valence-electron chi connectivity index (χ4n) is 1.10. The van der Waals surface area contributed by atoms with Crippen LogP contribution in [0, 0.1) is 11.6 Å². The average Bonchev–Trinajstić information content (AvgIpc) is 2.18. The molecule has 1 aromatic rings. The maximum Gasteiger partial charge on any atom is 0.137 e. The molecular weight excluding hydrogens is 252 g/mol. The predicted octanol–water partition coefficient (Wildman–Crippen LogP) is 3.18. The Balaban J connectivity index is 3.00. The highest BCUT2D eigenvalue weighted by Gasteiger charge is 2.12. The van der Waals surface area contributed by atoms with Gasteiger partial charge in [0.05, 0.1) is 4.47 Å². The van der Waals surface area contributed by atoms with Gasteiger partial charge in [-0.25, -0.2) is 8.78 Å². The topological polar surface area (TPSA) is 3.24 Å². The minimum atomic E-state index is -0.425. The normalized spacial score (nSPS) is 11.0. The minimum absolute atomic E-state index is 0.220. The zero-order valence-electron chi connectivity index (χ0n) is 8.15. The highest BCUT2D eigenvalue weighted by Crippen LogP contribution is 2.24. The molecule has 0 unspecified atom stereocenters. The van der Waals surface area contributed by atoms with Gasteiger partial charge in [-0.15, -0.1) is 0 Å². The summed E-state index contributed by atoms with van der Waals surface area (Å²) in [5.74, 6) is -0.801. The molecule has 0 heterocycles. The maximum atomic E-state index is 13.3. The van der Waals surface area contributed by atoms with Crippen LogP contribution in [0.4, 0.5) is 8.78 Å². The maximum absolute atomic E-state index is 13.3. The van der Waals surface area contributed by atoms with Crippen molar-refractivity contribution in [2.45, 2.75) is 13.5 Å². The van der Waals surface area contributed by atoms with E-state index < -0.39 is 5.82 Å². The SMILES string of the molecule is CCN(C)Cc1c(F)ccc(F)c1Br. The highest BCUT2D eigenvalue weighted by molar-refractivity contribution is 9.10. The lowest BCUT2D eigenvalue weighted by molar-refractivity contribution is 0.337. The van der Waals surface area contributed by atoms with Crippen LogP contribution in [0.3, 0.4) is 0 Å². The van der Waals surface area contributed by atoms with Crippen molar-refractivity contribution < 1.29 is 8.78 Å². The summed E-state index contributed by atoms with van der Waals surface area (Å²) in [5, 5.41) is 0. The lowest BCUT2D eigenvalue weighted by Gasteiger charge is -2.15. The van der Waals surface area contributed by atoms with Gasteiger partial charge in [-0.3, -0.25) is 0 Å². The molecule has 14 heavy (non-hydrogen) atoms. The van der Waals surface area contributed by atoms with Gasteiger partial charge in [0.1, 0.15) is 11.6 Å². The van der Waals surface area contributed by atoms with Gasteiger partial charge in [-0.05, 0) is 41.7 Å². The predicted molar refractivity (Wildman–Crippen MR) is 56.1 cm³/mol. The molecule has 0 aliphatic carbocycles. The van der Waals surface area contributed by atoms with Crippen LogP contribution in [-0.2, 0) is 6.54 Å². The van der Waals surface area contributed by atoms with Gasteiger partial charge >= 0.3 is 0 Å². The molecule has 1 aromatic carbocycles. The molecule has 78 valence electrons. The van der Waals surface area contributed by atoms with Crippen molar-refractivity contribution in [1.82, 2.24) is 4.90 Å². The summed E-state index contributed by atoms with van der Waals surface area (Å²) in [6, 6.07) is 2.27. The molecule has 0 amide bonds. The zero-order chi connectivity index (χ0) is 10.7. The first-order valence-electron chi connectivity index (χ1n) is 4.37. The van der Waals surface area contributed by atoms with E-state index in [2.05, 4.69) is 15.9 Å². The number of benzene rings is 1. The third kappa shape index (κ3) is 2.51. The molecule has 0 atom stereocenters. The molecule has 0 aliphatic heterocycles. The zero-order valence-corrected chi connectivity index (χ0v) is 9.74. The summed E-state index contributed by atoms with van der Waals surface area (Å²) >= 11 is 3.05. The van der Waals surface area contributed by atoms with Crippen LogP contribution in [0.5, 0.6) is 0 Å². The molecular formula is C10H12BrF2N. The molecule has 0 fully saturated rings. The first-order chi connectivity index (χ1) is 6.56. The van der Waals surface area contributed by atoms with Crippen molar-refractivity contribution >= 4 is 15.9 Å². The van der Waals surface area contributed by atoms with Gasteiger partial charge in [0.25, 0.3) is 0 Å². The summed E-state index contributed by atoms with van der Waals surface area (Å²) < 4.78 is 26.6. The Morgan fingerprint density at radius 2 is 1.86 bits per heavy atom. The lowest BCUT2D eigenvalue weighted by Crippen LogP contribution is -2.18. The fourth-order valence-corrected chi connectivity index (χ4v) is 1.54. The van der Waals surface area contributed by atoms with Crippen LogP contribution in [0.25, 0.3) is 0 Å². The second-order valence-electron chi connectivity index (χ2n) is 3.15. The number of hydrogen-bond donors (Lipinski definition) is 0. The number of nitrogens with zero attached hydrogens (tertiary/aromatic N) is 1. The largest absolute Gasteiger partial charge is 0.302 e. The van der Waals surface area contributed by atoms with Crippen molar-refractivity contribution in [3.05, 3.63) is 33.8 Å². The Morgan fingerprint density at radius 1 is 1.29 bits per heavy atom. The molecule has 0 saturated heterocycles. The third-order valence-electron chi connectivity index (χ3n) is 2.11. The van der Waals surface area contributed by atoms with Crippen LogP contribution < -0.4 is 0 Å². The Bertz CT molecular complexity index is 328. The second-order valence-corrected chi connectivity index (χ2v) is 3.95. The summed E-state index contributed by atoms with van der Waals surface area (Å²) in [7, 11) is 1.86. The lowest BCUT2D eigenvalue weighted by atomic mass is 10.2. The van der Waals surface area contributed by atoms with E-state index in [-0.39, 0.29) is 10.3 Å². The van der Waals surface area contributed by atoms with E-state index in [4.69, 9.17) is 0 Å². The molecule has 0 aliphatic rings. The van der Waals surface area contributed by atoms with Gasteiger partial charge in [-0.2, -0.15) is 0 Å². The van der Waals surface area contributed by atoms with E-state index in [1.807, 2.05) is 18.9 Å². The Labute approximate surface area is 90.8 Å². The molecule has 4 heteroatoms. The molecule has 0 spiro atoms. The standard InChI is InChI=1S/C10H12BrF2N/c1-3-14(2)6-7-8(12)4-5-9(13)10(7)11/h4-5H,3,6H2,1-2H3. The van der Waals surface area contributed by atoms with Gasteiger partial charge < -0.3 is 4.90 Å². The molecule has 0 bridgehead atoms. The number of hydrogen-bond acceptors (Lipinski definition) is 1. The molecule has 0 N–H and O–H groups in total. The summed E-state index contributed by atoms with van der Waals surface area (Å²) in [4.78, 5) is 1.91. The Kier molecular flexibility index (Phi) is 4.01. The van der Waals surface area contributed by atoms with Crippen LogP contribution in [0.1, 0.15) is 12.5 Å². The van der Waals surface area contributed by atoms with E-state index in [1.54, 1.807) is 0 Å². The van der Waals surface area contributed by atoms with Crippen LogP contribution in [-0.4, -0.2) is 18.5 Å². The molecule has 0 aromatic heterocycles. The van der Waals surface area contributed by atoms with Gasteiger partial charge in [-0.1, -0.05) is 6.92 Å². The summed E-state index contributed by atoms with van der Waals surface area (Å²) in [6.45, 7) is 3.16. The average molecular weight is 264 g/mol. The van der Waals surface area contributed by atoms with Crippen molar-refractivity contribution in [2.75, 3.05) is 13.6 Å². The fraction of sp³-hybridized carbons (Fsp3) is 0.400. The van der Waals surface area contributed by atoms with Crippen molar-refractivity contribution in [3.63, 3.8) is 0 Å². The smallest absolute Gasteiger partial charge is 0.137 e. The number of halogens is 3. The molecule has 0 saturated carbocycles. The van der Waals surface area contributed by atoms with Crippen molar-refractivity contribution in [2.24, 2.45) is 0 Å². The monoisotopic (exact) mass is 263 g/mol. The minimum Gasteiger partial charge on any atom is -0.302 e. The van der Waals surface area contributed by atoms with Crippen LogP contribution in [0.15, 0.2) is 16.6 Å². The van der Waals surface area contributed by atoms with E-state index in [9.17, 15) is 8.78 Å². The van der Waals surface area contributed by atoms with Gasteiger partial charge in [0, 0.05) is 12.1 Å². The van der Waals surface area contributed by atoms with E-state index >= 15 is 0 Å². The van der Waals surface area contributed by atoms with Gasteiger partial charge in [0.15, 0.2) is 0 Å². The summed E-state index contributed by atoms with van der Waals surface area (Å²) in [6.07, 6.45) is 0. The van der Waals surface area contributed by atoms with Crippen molar-refractivity contribution in [1.29, 1.82) is 0 Å². The van der Waals surface area contributed by atoms with E-state index in [0.29, 0.717) is 12.1 Å². The van der Waals surface area contributed by atoms with E-state index in [1.165, 1.54) is 0 Å².